The lowest BCUT2D eigenvalue weighted by atomic mass is 9.83. The molecule has 1 aliphatic carbocycles. The Morgan fingerprint density at radius 2 is 1.94 bits per heavy atom. The van der Waals surface area contributed by atoms with E-state index in [0.29, 0.717) is 35.8 Å². The molecule has 174 valence electrons. The smallest absolute Gasteiger partial charge is 0.331 e. The van der Waals surface area contributed by atoms with Gasteiger partial charge < -0.3 is 10.1 Å². The topological polar surface area (TPSA) is 97.0 Å². The quantitative estimate of drug-likeness (QED) is 0.477. The fourth-order valence-electron chi connectivity index (χ4n) is 3.90. The fourth-order valence-corrected chi connectivity index (χ4v) is 4.20. The molecule has 1 fully saturated rings. The molecule has 0 radical (unpaired) electrons. The summed E-state index contributed by atoms with van der Waals surface area (Å²) in [6.45, 7) is 5.84. The maximum Gasteiger partial charge on any atom is 0.331 e. The van der Waals surface area contributed by atoms with E-state index in [1.807, 2.05) is 38.1 Å². The van der Waals surface area contributed by atoms with Crippen molar-refractivity contribution < 1.29 is 14.3 Å². The van der Waals surface area contributed by atoms with Crippen LogP contribution in [-0.2, 0) is 20.9 Å². The van der Waals surface area contributed by atoms with E-state index in [1.54, 1.807) is 10.8 Å². The van der Waals surface area contributed by atoms with Crippen LogP contribution in [-0.4, -0.2) is 33.3 Å². The predicted octanol–water partition coefficient (Wildman–Crippen LogP) is 4.49. The van der Waals surface area contributed by atoms with Crippen molar-refractivity contribution in [2.24, 2.45) is 0 Å². The SMILES string of the molecule is Cc1ccc(Cn2nc(C)c(/C=C/C(=O)OC(C)C(=O)NC3(C#N)CCCCC3)c2Cl)cc1. The predicted molar refractivity (Wildman–Crippen MR) is 126 cm³/mol. The van der Waals surface area contributed by atoms with Crippen molar-refractivity contribution in [3.05, 3.63) is 57.9 Å². The van der Waals surface area contributed by atoms with Crippen molar-refractivity contribution in [2.75, 3.05) is 0 Å². The number of amides is 1. The second kappa shape index (κ2) is 10.7. The van der Waals surface area contributed by atoms with Gasteiger partial charge in [-0.15, -0.1) is 0 Å². The Kier molecular flexibility index (Phi) is 7.93. The van der Waals surface area contributed by atoms with Crippen LogP contribution < -0.4 is 5.32 Å². The number of nitrogens with one attached hydrogen (secondary N) is 1. The minimum atomic E-state index is -1.02. The van der Waals surface area contributed by atoms with E-state index in [1.165, 1.54) is 18.6 Å². The Balaban J connectivity index is 1.60. The Morgan fingerprint density at radius 1 is 1.27 bits per heavy atom. The van der Waals surface area contributed by atoms with Gasteiger partial charge >= 0.3 is 5.97 Å². The lowest BCUT2D eigenvalue weighted by molar-refractivity contribution is -0.150. The Morgan fingerprint density at radius 3 is 2.58 bits per heavy atom. The molecule has 2 aromatic rings. The van der Waals surface area contributed by atoms with Crippen LogP contribution >= 0.6 is 11.6 Å². The van der Waals surface area contributed by atoms with Crippen LogP contribution in [0, 0.1) is 25.2 Å². The first-order valence-corrected chi connectivity index (χ1v) is 11.5. The van der Waals surface area contributed by atoms with E-state index in [4.69, 9.17) is 16.3 Å². The van der Waals surface area contributed by atoms with Gasteiger partial charge in [0.15, 0.2) is 6.10 Å². The van der Waals surface area contributed by atoms with E-state index in [0.717, 1.165) is 24.8 Å². The van der Waals surface area contributed by atoms with Gasteiger partial charge in [-0.3, -0.25) is 4.79 Å². The van der Waals surface area contributed by atoms with Crippen LogP contribution in [0.4, 0.5) is 0 Å². The van der Waals surface area contributed by atoms with Gasteiger partial charge in [-0.25, -0.2) is 9.48 Å². The minimum absolute atomic E-state index is 0.413. The number of esters is 1. The maximum absolute atomic E-state index is 12.5. The van der Waals surface area contributed by atoms with Gasteiger partial charge in [0, 0.05) is 11.6 Å². The van der Waals surface area contributed by atoms with Crippen LogP contribution in [0.5, 0.6) is 0 Å². The molecule has 1 unspecified atom stereocenters. The molecule has 0 saturated heterocycles. The van der Waals surface area contributed by atoms with Crippen molar-refractivity contribution >= 4 is 29.6 Å². The van der Waals surface area contributed by atoms with Crippen molar-refractivity contribution in [2.45, 2.75) is 71.1 Å². The number of benzene rings is 1. The first-order chi connectivity index (χ1) is 15.7. The summed E-state index contributed by atoms with van der Waals surface area (Å²) in [6, 6.07) is 10.3. The Hall–Kier alpha value is -3.11. The monoisotopic (exact) mass is 468 g/mol. The van der Waals surface area contributed by atoms with Gasteiger partial charge in [0.05, 0.1) is 18.3 Å². The van der Waals surface area contributed by atoms with Crippen molar-refractivity contribution in [1.29, 1.82) is 5.26 Å². The number of hydrogen-bond acceptors (Lipinski definition) is 5. The van der Waals surface area contributed by atoms with Crippen molar-refractivity contribution in [1.82, 2.24) is 15.1 Å². The van der Waals surface area contributed by atoms with E-state index in [2.05, 4.69) is 16.5 Å². The number of halogens is 1. The molecule has 7 nitrogen and oxygen atoms in total. The molecule has 1 amide bonds. The number of hydrogen-bond donors (Lipinski definition) is 1. The zero-order chi connectivity index (χ0) is 24.0. The highest BCUT2D eigenvalue weighted by molar-refractivity contribution is 6.31. The molecule has 1 atom stereocenters. The number of nitrogens with zero attached hydrogens (tertiary/aromatic N) is 3. The van der Waals surface area contributed by atoms with Crippen LogP contribution in [0.2, 0.25) is 5.15 Å². The lowest BCUT2D eigenvalue weighted by Gasteiger charge is -2.32. The number of rotatable bonds is 7. The van der Waals surface area contributed by atoms with Crippen molar-refractivity contribution in [3.63, 3.8) is 0 Å². The number of aryl methyl sites for hydroxylation is 2. The van der Waals surface area contributed by atoms with Gasteiger partial charge in [-0.2, -0.15) is 10.4 Å². The normalized spacial score (nSPS) is 16.2. The molecule has 0 aliphatic heterocycles. The average molecular weight is 469 g/mol. The number of nitriles is 1. The summed E-state index contributed by atoms with van der Waals surface area (Å²) in [6.07, 6.45) is 5.82. The van der Waals surface area contributed by atoms with Crippen LogP contribution in [0.15, 0.2) is 30.3 Å². The summed E-state index contributed by atoms with van der Waals surface area (Å²) in [5.41, 5.74) is 2.65. The number of carbonyl (C=O) groups is 2. The summed E-state index contributed by atoms with van der Waals surface area (Å²) < 4.78 is 6.92. The molecule has 0 spiro atoms. The van der Waals surface area contributed by atoms with Gasteiger partial charge in [0.25, 0.3) is 5.91 Å². The molecular weight excluding hydrogens is 440 g/mol. The van der Waals surface area contributed by atoms with Crippen LogP contribution in [0.3, 0.4) is 0 Å². The molecule has 1 aromatic carbocycles. The van der Waals surface area contributed by atoms with E-state index in [-0.39, 0.29) is 0 Å². The zero-order valence-electron chi connectivity index (χ0n) is 19.2. The van der Waals surface area contributed by atoms with Gasteiger partial charge in [0.2, 0.25) is 0 Å². The largest absolute Gasteiger partial charge is 0.449 e. The van der Waals surface area contributed by atoms with E-state index in [9.17, 15) is 14.9 Å². The molecule has 1 aromatic heterocycles. The summed E-state index contributed by atoms with van der Waals surface area (Å²) in [5.74, 6) is -1.14. The van der Waals surface area contributed by atoms with Crippen molar-refractivity contribution in [3.8, 4) is 6.07 Å². The van der Waals surface area contributed by atoms with E-state index >= 15 is 0 Å². The standard InChI is InChI=1S/C25H29ClN4O3/c1-17-7-9-20(10-8-17)15-30-23(26)21(18(2)29-30)11-12-22(31)33-19(3)24(32)28-25(16-27)13-5-4-6-14-25/h7-12,19H,4-6,13-15H2,1-3H3,(H,28,32)/b12-11+. The Labute approximate surface area is 199 Å². The highest BCUT2D eigenvalue weighted by Gasteiger charge is 2.35. The second-order valence-electron chi connectivity index (χ2n) is 8.59. The van der Waals surface area contributed by atoms with Crippen LogP contribution in [0.25, 0.3) is 6.08 Å². The summed E-state index contributed by atoms with van der Waals surface area (Å²) in [5, 5.41) is 17.2. The summed E-state index contributed by atoms with van der Waals surface area (Å²) in [4.78, 5) is 24.8. The molecule has 3 rings (SSSR count). The fraction of sp³-hybridized carbons (Fsp3) is 0.440. The number of aromatic nitrogens is 2. The molecular formula is C25H29ClN4O3. The second-order valence-corrected chi connectivity index (χ2v) is 8.95. The summed E-state index contributed by atoms with van der Waals surface area (Å²) >= 11 is 6.49. The van der Waals surface area contributed by atoms with Gasteiger partial charge in [-0.05, 0) is 45.3 Å². The average Bonchev–Trinajstić information content (AvgIpc) is 3.06. The number of carbonyl (C=O) groups excluding carboxylic acids is 2. The first-order valence-electron chi connectivity index (χ1n) is 11.1. The van der Waals surface area contributed by atoms with Crippen LogP contribution in [0.1, 0.15) is 61.4 Å². The maximum atomic E-state index is 12.5. The van der Waals surface area contributed by atoms with Gasteiger partial charge in [-0.1, -0.05) is 60.7 Å². The molecule has 1 heterocycles. The number of ether oxygens (including phenoxy) is 1. The molecule has 1 saturated carbocycles. The third-order valence-corrected chi connectivity index (χ3v) is 6.29. The Bertz CT molecular complexity index is 1080. The zero-order valence-corrected chi connectivity index (χ0v) is 20.0. The first kappa shape index (κ1) is 24.5. The minimum Gasteiger partial charge on any atom is -0.449 e. The molecule has 33 heavy (non-hydrogen) atoms. The molecule has 1 aliphatic rings. The summed E-state index contributed by atoms with van der Waals surface area (Å²) in [7, 11) is 0. The molecule has 1 N–H and O–H groups in total. The van der Waals surface area contributed by atoms with Gasteiger partial charge in [0.1, 0.15) is 10.7 Å². The van der Waals surface area contributed by atoms with E-state index < -0.39 is 23.5 Å². The molecule has 0 bridgehead atoms. The highest BCUT2D eigenvalue weighted by Crippen LogP contribution is 2.28. The third-order valence-electron chi connectivity index (χ3n) is 5.89. The lowest BCUT2D eigenvalue weighted by Crippen LogP contribution is -2.52. The third kappa shape index (κ3) is 6.23. The molecule has 8 heteroatoms. The highest BCUT2D eigenvalue weighted by atomic mass is 35.5.